The molecule has 160 valence electrons. The minimum Gasteiger partial charge on any atom is -0.352 e. The summed E-state index contributed by atoms with van der Waals surface area (Å²) < 4.78 is 40.9. The summed E-state index contributed by atoms with van der Waals surface area (Å²) in [6.07, 6.45) is 4.91. The molecule has 1 N–H and O–H groups in total. The number of carbonyl (C=O) groups excluding carboxylic acids is 1. The summed E-state index contributed by atoms with van der Waals surface area (Å²) in [7, 11) is -4.02. The van der Waals surface area contributed by atoms with Gasteiger partial charge in [0.25, 0.3) is 10.0 Å². The molecule has 7 heteroatoms. The molecule has 4 unspecified atom stereocenters. The summed E-state index contributed by atoms with van der Waals surface area (Å²) in [6.45, 7) is 1.69. The van der Waals surface area contributed by atoms with Gasteiger partial charge >= 0.3 is 0 Å². The second kappa shape index (κ2) is 8.38. The molecule has 4 rings (SSSR count). The lowest BCUT2D eigenvalue weighted by Gasteiger charge is -2.30. The van der Waals surface area contributed by atoms with Gasteiger partial charge in [-0.05, 0) is 80.3 Å². The molecule has 0 aromatic heterocycles. The standard InChI is InChI=1S/C23H27FN2O3S/c1-16(22-14-17-7-8-18(22)13-17)25-23(27)15-26(20-5-3-2-4-6-20)30(28,29)21-11-9-19(24)10-12-21/h2-6,9-12,16-18,22H,7-8,13-15H2,1H3,(H,25,27). The van der Waals surface area contributed by atoms with E-state index in [1.807, 2.05) is 6.92 Å². The zero-order chi connectivity index (χ0) is 21.3. The van der Waals surface area contributed by atoms with Crippen molar-refractivity contribution in [3.8, 4) is 0 Å². The van der Waals surface area contributed by atoms with Crippen LogP contribution in [0.4, 0.5) is 10.1 Å². The van der Waals surface area contributed by atoms with Crippen molar-refractivity contribution < 1.29 is 17.6 Å². The monoisotopic (exact) mass is 430 g/mol. The van der Waals surface area contributed by atoms with E-state index >= 15 is 0 Å². The number of halogens is 1. The van der Waals surface area contributed by atoms with Crippen molar-refractivity contribution in [1.82, 2.24) is 5.32 Å². The van der Waals surface area contributed by atoms with Crippen molar-refractivity contribution in [2.75, 3.05) is 10.8 Å². The molecule has 2 aliphatic rings. The molecule has 4 atom stereocenters. The Labute approximate surface area is 177 Å². The number of hydrogen-bond donors (Lipinski definition) is 1. The number of para-hydroxylation sites is 1. The quantitative estimate of drug-likeness (QED) is 0.723. The third-order valence-corrected chi connectivity index (χ3v) is 8.34. The normalized spacial score (nSPS) is 23.9. The minimum absolute atomic E-state index is 0.0129. The highest BCUT2D eigenvalue weighted by Crippen LogP contribution is 2.49. The molecule has 0 heterocycles. The molecule has 5 nitrogen and oxygen atoms in total. The molecule has 1 amide bonds. The zero-order valence-corrected chi connectivity index (χ0v) is 17.8. The van der Waals surface area contributed by atoms with Crippen molar-refractivity contribution in [2.45, 2.75) is 43.5 Å². The van der Waals surface area contributed by atoms with E-state index in [1.165, 1.54) is 31.4 Å². The maximum Gasteiger partial charge on any atom is 0.264 e. The number of fused-ring (bicyclic) bond motifs is 2. The van der Waals surface area contributed by atoms with Crippen LogP contribution in [0.15, 0.2) is 59.5 Å². The highest BCUT2D eigenvalue weighted by Gasteiger charge is 2.42. The SMILES string of the molecule is CC(NC(=O)CN(c1ccccc1)S(=O)(=O)c1ccc(F)cc1)C1CC2CCC1C2. The number of carbonyl (C=O) groups is 1. The van der Waals surface area contributed by atoms with Crippen molar-refractivity contribution >= 4 is 21.6 Å². The van der Waals surface area contributed by atoms with Crippen LogP contribution in [0.25, 0.3) is 0 Å². The second-order valence-electron chi connectivity index (χ2n) is 8.50. The lowest BCUT2D eigenvalue weighted by molar-refractivity contribution is -0.120. The average molecular weight is 431 g/mol. The number of hydrogen-bond acceptors (Lipinski definition) is 3. The Morgan fingerprint density at radius 1 is 1.10 bits per heavy atom. The van der Waals surface area contributed by atoms with E-state index in [2.05, 4.69) is 5.32 Å². The van der Waals surface area contributed by atoms with E-state index < -0.39 is 15.8 Å². The summed E-state index contributed by atoms with van der Waals surface area (Å²) in [4.78, 5) is 12.8. The summed E-state index contributed by atoms with van der Waals surface area (Å²) >= 11 is 0. The number of amides is 1. The molecule has 2 aromatic rings. The van der Waals surface area contributed by atoms with Crippen molar-refractivity contribution in [1.29, 1.82) is 0 Å². The van der Waals surface area contributed by atoms with Crippen molar-refractivity contribution in [2.24, 2.45) is 17.8 Å². The van der Waals surface area contributed by atoms with Gasteiger partial charge in [-0.25, -0.2) is 12.8 Å². The van der Waals surface area contributed by atoms with E-state index in [0.29, 0.717) is 17.5 Å². The lowest BCUT2D eigenvalue weighted by Crippen LogP contribution is -2.46. The van der Waals surface area contributed by atoms with Crippen LogP contribution < -0.4 is 9.62 Å². The summed E-state index contributed by atoms with van der Waals surface area (Å²) in [5.74, 6) is 1.06. The van der Waals surface area contributed by atoms with Gasteiger partial charge in [0, 0.05) is 6.04 Å². The maximum atomic E-state index is 13.3. The van der Waals surface area contributed by atoms with Gasteiger partial charge < -0.3 is 5.32 Å². The van der Waals surface area contributed by atoms with Crippen LogP contribution in [-0.2, 0) is 14.8 Å². The highest BCUT2D eigenvalue weighted by molar-refractivity contribution is 7.92. The first kappa shape index (κ1) is 20.8. The average Bonchev–Trinajstić information content (AvgIpc) is 3.36. The molecule has 2 fully saturated rings. The molecule has 0 aliphatic heterocycles. The van der Waals surface area contributed by atoms with Crippen LogP contribution in [0.1, 0.15) is 32.6 Å². The number of nitrogens with zero attached hydrogens (tertiary/aromatic N) is 1. The molecule has 0 saturated heterocycles. The Morgan fingerprint density at radius 2 is 1.80 bits per heavy atom. The van der Waals surface area contributed by atoms with Crippen LogP contribution in [0.5, 0.6) is 0 Å². The van der Waals surface area contributed by atoms with E-state index in [9.17, 15) is 17.6 Å². The van der Waals surface area contributed by atoms with Gasteiger partial charge in [-0.15, -0.1) is 0 Å². The molecule has 0 spiro atoms. The van der Waals surface area contributed by atoms with E-state index in [0.717, 1.165) is 28.8 Å². The predicted molar refractivity (Wildman–Crippen MR) is 114 cm³/mol. The van der Waals surface area contributed by atoms with E-state index in [4.69, 9.17) is 0 Å². The van der Waals surface area contributed by atoms with E-state index in [1.54, 1.807) is 30.3 Å². The largest absolute Gasteiger partial charge is 0.352 e. The Balaban J connectivity index is 1.53. The number of rotatable bonds is 7. The molecule has 2 aliphatic carbocycles. The maximum absolute atomic E-state index is 13.3. The van der Waals surface area contributed by atoms with Gasteiger partial charge in [-0.1, -0.05) is 24.6 Å². The van der Waals surface area contributed by atoms with Crippen LogP contribution in [-0.4, -0.2) is 26.9 Å². The topological polar surface area (TPSA) is 66.5 Å². The Hall–Kier alpha value is -2.41. The zero-order valence-electron chi connectivity index (χ0n) is 17.0. The first-order valence-corrected chi connectivity index (χ1v) is 11.9. The van der Waals surface area contributed by atoms with Crippen molar-refractivity contribution in [3.05, 3.63) is 60.4 Å². The van der Waals surface area contributed by atoms with Gasteiger partial charge in [0.15, 0.2) is 0 Å². The number of sulfonamides is 1. The van der Waals surface area contributed by atoms with Gasteiger partial charge in [0.2, 0.25) is 5.91 Å². The summed E-state index contributed by atoms with van der Waals surface area (Å²) in [6, 6.07) is 13.2. The Bertz CT molecular complexity index is 995. The van der Waals surface area contributed by atoms with Gasteiger partial charge in [-0.3, -0.25) is 9.10 Å². The summed E-state index contributed by atoms with van der Waals surface area (Å²) in [5, 5.41) is 3.03. The Morgan fingerprint density at radius 3 is 2.40 bits per heavy atom. The molecule has 0 radical (unpaired) electrons. The smallest absolute Gasteiger partial charge is 0.264 e. The van der Waals surface area contributed by atoms with Crippen LogP contribution in [0, 0.1) is 23.6 Å². The molecule has 2 aromatic carbocycles. The fraction of sp³-hybridized carbons (Fsp3) is 0.435. The van der Waals surface area contributed by atoms with Crippen molar-refractivity contribution in [3.63, 3.8) is 0 Å². The fourth-order valence-corrected chi connectivity index (χ4v) is 6.51. The fourth-order valence-electron chi connectivity index (χ4n) is 5.09. The Kier molecular flexibility index (Phi) is 5.82. The molecule has 30 heavy (non-hydrogen) atoms. The first-order chi connectivity index (χ1) is 14.3. The third-order valence-electron chi connectivity index (χ3n) is 6.56. The van der Waals surface area contributed by atoms with Crippen LogP contribution in [0.2, 0.25) is 0 Å². The molecular formula is C23H27FN2O3S. The predicted octanol–water partition coefficient (Wildman–Crippen LogP) is 3.96. The lowest BCUT2D eigenvalue weighted by atomic mass is 9.84. The summed E-state index contributed by atoms with van der Waals surface area (Å²) in [5.41, 5.74) is 0.393. The molecule has 2 saturated carbocycles. The van der Waals surface area contributed by atoms with Gasteiger partial charge in [0.05, 0.1) is 10.6 Å². The highest BCUT2D eigenvalue weighted by atomic mass is 32.2. The van der Waals surface area contributed by atoms with Gasteiger partial charge in [0.1, 0.15) is 12.4 Å². The number of nitrogens with one attached hydrogen (secondary N) is 1. The number of benzene rings is 2. The third kappa shape index (κ3) is 4.21. The minimum atomic E-state index is -4.02. The number of anilines is 1. The second-order valence-corrected chi connectivity index (χ2v) is 10.4. The van der Waals surface area contributed by atoms with Crippen LogP contribution >= 0.6 is 0 Å². The van der Waals surface area contributed by atoms with E-state index in [-0.39, 0.29) is 23.4 Å². The van der Waals surface area contributed by atoms with Crippen LogP contribution in [0.3, 0.4) is 0 Å². The first-order valence-electron chi connectivity index (χ1n) is 10.5. The molecular weight excluding hydrogens is 403 g/mol. The molecule has 2 bridgehead atoms. The van der Waals surface area contributed by atoms with Gasteiger partial charge in [-0.2, -0.15) is 0 Å².